The molecule has 5 rings (SSSR count). The number of hydrogen-bond donors (Lipinski definition) is 2. The zero-order valence-corrected chi connectivity index (χ0v) is 17.0. The summed E-state index contributed by atoms with van der Waals surface area (Å²) in [5.74, 6) is 2.49. The highest BCUT2D eigenvalue weighted by molar-refractivity contribution is 7.71. The van der Waals surface area contributed by atoms with Gasteiger partial charge >= 0.3 is 0 Å². The largest absolute Gasteiger partial charge is 0.494 e. The molecule has 146 valence electrons. The number of methoxy groups -OCH3 is 3. The maximum absolute atomic E-state index is 5.69. The molecule has 0 spiro atoms. The summed E-state index contributed by atoms with van der Waals surface area (Å²) in [6, 6.07) is 6.63. The van der Waals surface area contributed by atoms with Crippen molar-refractivity contribution in [1.29, 1.82) is 0 Å². The molecule has 6 nitrogen and oxygen atoms in total. The van der Waals surface area contributed by atoms with Crippen LogP contribution >= 0.6 is 12.2 Å². The van der Waals surface area contributed by atoms with Crippen molar-refractivity contribution < 1.29 is 14.2 Å². The van der Waals surface area contributed by atoms with Crippen LogP contribution in [0, 0.1) is 4.77 Å². The molecule has 0 amide bonds. The molecular formula is C21H23N3O3S. The van der Waals surface area contributed by atoms with Gasteiger partial charge in [0.15, 0.2) is 16.3 Å². The second kappa shape index (κ2) is 6.53. The van der Waals surface area contributed by atoms with Gasteiger partial charge in [-0.05, 0) is 53.9 Å². The maximum Gasteiger partial charge on any atom is 0.175 e. The first kappa shape index (κ1) is 17.6. The number of rotatable bonds is 3. The van der Waals surface area contributed by atoms with Crippen molar-refractivity contribution in [3.05, 3.63) is 45.2 Å². The summed E-state index contributed by atoms with van der Waals surface area (Å²) in [5.41, 5.74) is 7.22. The Hall–Kier alpha value is -2.51. The number of aromatic nitrogens is 2. The first-order chi connectivity index (χ1) is 13.6. The monoisotopic (exact) mass is 397 g/mol. The quantitative estimate of drug-likeness (QED) is 0.656. The summed E-state index contributed by atoms with van der Waals surface area (Å²) in [5, 5.41) is 0. The molecule has 3 heterocycles. The van der Waals surface area contributed by atoms with Gasteiger partial charge < -0.3 is 24.2 Å². The predicted octanol–water partition coefficient (Wildman–Crippen LogP) is 3.91. The van der Waals surface area contributed by atoms with Gasteiger partial charge in [0.2, 0.25) is 0 Å². The Labute approximate surface area is 168 Å². The second-order valence-electron chi connectivity index (χ2n) is 7.36. The average molecular weight is 398 g/mol. The zero-order chi connectivity index (χ0) is 19.4. The molecule has 2 N–H and O–H groups in total. The molecule has 0 bridgehead atoms. The molecular weight excluding hydrogens is 374 g/mol. The Balaban J connectivity index is 1.68. The Morgan fingerprint density at radius 2 is 1.79 bits per heavy atom. The van der Waals surface area contributed by atoms with Crippen LogP contribution in [-0.2, 0) is 19.4 Å². The average Bonchev–Trinajstić information content (AvgIpc) is 3.11. The normalized spacial score (nSPS) is 18.3. The number of fused-ring (bicyclic) bond motifs is 6. The lowest BCUT2D eigenvalue weighted by molar-refractivity contribution is 0.159. The molecule has 0 radical (unpaired) electrons. The van der Waals surface area contributed by atoms with Crippen molar-refractivity contribution in [1.82, 2.24) is 14.9 Å². The van der Waals surface area contributed by atoms with Crippen LogP contribution in [0.25, 0.3) is 11.0 Å². The van der Waals surface area contributed by atoms with Crippen LogP contribution in [0.3, 0.4) is 0 Å². The number of ether oxygens (including phenoxy) is 3. The molecule has 0 fully saturated rings. The van der Waals surface area contributed by atoms with E-state index in [-0.39, 0.29) is 0 Å². The zero-order valence-electron chi connectivity index (χ0n) is 16.2. The fourth-order valence-corrected chi connectivity index (χ4v) is 5.02. The van der Waals surface area contributed by atoms with E-state index in [4.69, 9.17) is 26.4 Å². The van der Waals surface area contributed by atoms with Crippen LogP contribution in [0.2, 0.25) is 0 Å². The van der Waals surface area contributed by atoms with Crippen molar-refractivity contribution in [2.24, 2.45) is 0 Å². The molecule has 0 aliphatic carbocycles. The van der Waals surface area contributed by atoms with Gasteiger partial charge in [0.1, 0.15) is 11.3 Å². The molecule has 2 aromatic carbocycles. The van der Waals surface area contributed by atoms with Crippen molar-refractivity contribution >= 4 is 23.3 Å². The standard InChI is InChI=1S/C21H23N3O3S/c1-25-15-5-4-11-8-14-17-12(6-7-24(14)10-13(11)20(15)27-3)9-16(26-2)18-19(17)23-21(28)22-18/h4-5,9,14H,6-8,10H2,1-3H3,(H2,22,23,28). The van der Waals surface area contributed by atoms with E-state index in [9.17, 15) is 0 Å². The van der Waals surface area contributed by atoms with Gasteiger partial charge in [-0.15, -0.1) is 0 Å². The number of nitrogens with zero attached hydrogens (tertiary/aromatic N) is 1. The van der Waals surface area contributed by atoms with Gasteiger partial charge in [0.05, 0.1) is 26.8 Å². The van der Waals surface area contributed by atoms with E-state index in [0.717, 1.165) is 54.2 Å². The molecule has 1 atom stereocenters. The lowest BCUT2D eigenvalue weighted by atomic mass is 9.83. The predicted molar refractivity (Wildman–Crippen MR) is 110 cm³/mol. The van der Waals surface area contributed by atoms with E-state index in [1.54, 1.807) is 21.3 Å². The minimum absolute atomic E-state index is 0.296. The van der Waals surface area contributed by atoms with Gasteiger partial charge in [-0.2, -0.15) is 0 Å². The number of benzene rings is 2. The van der Waals surface area contributed by atoms with Gasteiger partial charge in [-0.1, -0.05) is 6.07 Å². The van der Waals surface area contributed by atoms with E-state index < -0.39 is 0 Å². The minimum Gasteiger partial charge on any atom is -0.494 e. The molecule has 3 aromatic rings. The number of hydrogen-bond acceptors (Lipinski definition) is 5. The minimum atomic E-state index is 0.296. The number of H-pyrrole nitrogens is 2. The molecule has 28 heavy (non-hydrogen) atoms. The summed E-state index contributed by atoms with van der Waals surface area (Å²) in [6.07, 6.45) is 1.90. The molecule has 2 aliphatic rings. The SMILES string of the molecule is COc1ccc2c(c1OC)CN1CCc3cc(OC)c4[nH]c(=S)[nH]c4c3C1C2. The molecule has 7 heteroatoms. The van der Waals surface area contributed by atoms with Crippen molar-refractivity contribution in [2.75, 3.05) is 27.9 Å². The highest BCUT2D eigenvalue weighted by Gasteiger charge is 2.36. The highest BCUT2D eigenvalue weighted by Crippen LogP contribution is 2.46. The summed E-state index contributed by atoms with van der Waals surface area (Å²) in [6.45, 7) is 1.84. The van der Waals surface area contributed by atoms with Crippen molar-refractivity contribution in [2.45, 2.75) is 25.4 Å². The Kier molecular flexibility index (Phi) is 4.10. The van der Waals surface area contributed by atoms with Crippen LogP contribution in [0.5, 0.6) is 17.2 Å². The van der Waals surface area contributed by atoms with Gasteiger partial charge in [0, 0.05) is 24.7 Å². The molecule has 0 saturated heterocycles. The van der Waals surface area contributed by atoms with Crippen LogP contribution < -0.4 is 14.2 Å². The van der Waals surface area contributed by atoms with Crippen LogP contribution in [0.4, 0.5) is 0 Å². The molecule has 2 aliphatic heterocycles. The Bertz CT molecular complexity index is 1130. The maximum atomic E-state index is 5.69. The lowest BCUT2D eigenvalue weighted by Crippen LogP contribution is -2.39. The third-order valence-electron chi connectivity index (χ3n) is 6.08. The van der Waals surface area contributed by atoms with E-state index in [0.29, 0.717) is 10.8 Å². The smallest absolute Gasteiger partial charge is 0.175 e. The fourth-order valence-electron chi connectivity index (χ4n) is 4.82. The first-order valence-electron chi connectivity index (χ1n) is 9.43. The molecule has 1 aromatic heterocycles. The van der Waals surface area contributed by atoms with Gasteiger partial charge in [-0.3, -0.25) is 4.90 Å². The van der Waals surface area contributed by atoms with Crippen molar-refractivity contribution in [3.8, 4) is 17.2 Å². The first-order valence-corrected chi connectivity index (χ1v) is 9.84. The van der Waals surface area contributed by atoms with Crippen LogP contribution in [0.15, 0.2) is 18.2 Å². The lowest BCUT2D eigenvalue weighted by Gasteiger charge is -2.42. The van der Waals surface area contributed by atoms with Gasteiger partial charge in [0.25, 0.3) is 0 Å². The topological polar surface area (TPSA) is 62.5 Å². The van der Waals surface area contributed by atoms with Crippen LogP contribution in [-0.4, -0.2) is 42.7 Å². The van der Waals surface area contributed by atoms with E-state index >= 15 is 0 Å². The molecule has 0 saturated carbocycles. The fraction of sp³-hybridized carbons (Fsp3) is 0.381. The summed E-state index contributed by atoms with van der Waals surface area (Å²) in [4.78, 5) is 9.15. The van der Waals surface area contributed by atoms with Crippen LogP contribution in [0.1, 0.15) is 28.3 Å². The highest BCUT2D eigenvalue weighted by atomic mass is 32.1. The Morgan fingerprint density at radius 3 is 2.54 bits per heavy atom. The number of aromatic amines is 2. The summed E-state index contributed by atoms with van der Waals surface area (Å²) >= 11 is 5.39. The third kappa shape index (κ3) is 2.46. The van der Waals surface area contributed by atoms with Crippen molar-refractivity contribution in [3.63, 3.8) is 0 Å². The number of imidazole rings is 1. The van der Waals surface area contributed by atoms with E-state index in [1.165, 1.54) is 22.3 Å². The van der Waals surface area contributed by atoms with E-state index in [1.807, 2.05) is 6.07 Å². The summed E-state index contributed by atoms with van der Waals surface area (Å²) < 4.78 is 17.4. The van der Waals surface area contributed by atoms with E-state index in [2.05, 4.69) is 27.0 Å². The molecule has 1 unspecified atom stereocenters. The second-order valence-corrected chi connectivity index (χ2v) is 7.77. The number of nitrogens with one attached hydrogen (secondary N) is 2. The van der Waals surface area contributed by atoms with Gasteiger partial charge in [-0.25, -0.2) is 0 Å². The third-order valence-corrected chi connectivity index (χ3v) is 6.28. The Morgan fingerprint density at radius 1 is 1.00 bits per heavy atom. The summed E-state index contributed by atoms with van der Waals surface area (Å²) in [7, 11) is 5.10.